The average molecular weight is 316 g/mol. The molecule has 116 valence electrons. The summed E-state index contributed by atoms with van der Waals surface area (Å²) in [4.78, 5) is 11.9. The lowest BCUT2D eigenvalue weighted by Crippen LogP contribution is -2.40. The van der Waals surface area contributed by atoms with Crippen LogP contribution in [0, 0.1) is 17.0 Å². The number of hydrogen-bond acceptors (Lipinski definition) is 1. The molecule has 1 amide bonds. The summed E-state index contributed by atoms with van der Waals surface area (Å²) in [5.41, 5.74) is 0.0340. The molecule has 1 N–H and O–H groups in total. The van der Waals surface area contributed by atoms with Gasteiger partial charge < -0.3 is 5.32 Å². The van der Waals surface area contributed by atoms with E-state index in [2.05, 4.69) is 5.32 Å². The minimum atomic E-state index is -0.947. The molecule has 1 aliphatic carbocycles. The predicted molar refractivity (Wildman–Crippen MR) is 79.3 cm³/mol. The van der Waals surface area contributed by atoms with Crippen LogP contribution in [-0.4, -0.2) is 18.3 Å². The fraction of sp³-hybridized carbons (Fsp3) is 0.562. The number of carbonyl (C=O) groups is 1. The monoisotopic (exact) mass is 315 g/mol. The van der Waals surface area contributed by atoms with Crippen LogP contribution in [0.3, 0.4) is 0 Å². The molecule has 5 heteroatoms. The number of hydrogen-bond donors (Lipinski definition) is 1. The Labute approximate surface area is 128 Å². The van der Waals surface area contributed by atoms with E-state index in [0.29, 0.717) is 12.4 Å². The van der Waals surface area contributed by atoms with Crippen molar-refractivity contribution >= 4 is 17.5 Å². The lowest BCUT2D eigenvalue weighted by molar-refractivity contribution is -0.121. The van der Waals surface area contributed by atoms with Crippen LogP contribution in [0.2, 0.25) is 0 Å². The Morgan fingerprint density at radius 3 is 2.62 bits per heavy atom. The Kier molecular flexibility index (Phi) is 5.57. The zero-order valence-corrected chi connectivity index (χ0v) is 12.7. The molecule has 0 aromatic heterocycles. The van der Waals surface area contributed by atoms with Gasteiger partial charge in [-0.25, -0.2) is 8.78 Å². The van der Waals surface area contributed by atoms with E-state index in [-0.39, 0.29) is 23.3 Å². The summed E-state index contributed by atoms with van der Waals surface area (Å²) >= 11 is 6.07. The zero-order valence-electron chi connectivity index (χ0n) is 11.9. The molecule has 2 rings (SSSR count). The van der Waals surface area contributed by atoms with E-state index in [1.165, 1.54) is 18.6 Å². The van der Waals surface area contributed by atoms with Crippen LogP contribution in [0.25, 0.3) is 0 Å². The summed E-state index contributed by atoms with van der Waals surface area (Å²) in [6, 6.07) is 3.87. The molecule has 0 bridgehead atoms. The third-order valence-corrected chi connectivity index (χ3v) is 4.81. The van der Waals surface area contributed by atoms with Crippen molar-refractivity contribution < 1.29 is 13.6 Å². The summed E-state index contributed by atoms with van der Waals surface area (Å²) in [5, 5.41) is 2.83. The van der Waals surface area contributed by atoms with Crippen LogP contribution < -0.4 is 5.32 Å². The molecule has 1 fully saturated rings. The molecule has 0 saturated heterocycles. The zero-order chi connectivity index (χ0) is 15.3. The number of benzene rings is 1. The first-order chi connectivity index (χ1) is 10.1. The van der Waals surface area contributed by atoms with Gasteiger partial charge in [0.1, 0.15) is 0 Å². The summed E-state index contributed by atoms with van der Waals surface area (Å²) in [6.45, 7) is 0.506. The molecule has 2 nitrogen and oxygen atoms in total. The van der Waals surface area contributed by atoms with Gasteiger partial charge in [0.2, 0.25) is 5.91 Å². The van der Waals surface area contributed by atoms with Crippen LogP contribution in [0.15, 0.2) is 18.2 Å². The van der Waals surface area contributed by atoms with E-state index in [1.807, 2.05) is 0 Å². The Balaban J connectivity index is 1.91. The standard InChI is InChI=1S/C16H20ClF2NO/c17-10-16(7-2-1-3-8-16)11-20-14(21)9-12-5-4-6-13(18)15(12)19/h4-6H,1-3,7-11H2,(H,20,21). The van der Waals surface area contributed by atoms with Gasteiger partial charge in [-0.3, -0.25) is 4.79 Å². The topological polar surface area (TPSA) is 29.1 Å². The highest BCUT2D eigenvalue weighted by Gasteiger charge is 2.31. The molecule has 0 aliphatic heterocycles. The van der Waals surface area contributed by atoms with Gasteiger partial charge >= 0.3 is 0 Å². The predicted octanol–water partition coefficient (Wildman–Crippen LogP) is 3.81. The minimum absolute atomic E-state index is 0.0457. The summed E-state index contributed by atoms with van der Waals surface area (Å²) in [7, 11) is 0. The lowest BCUT2D eigenvalue weighted by Gasteiger charge is -2.35. The van der Waals surface area contributed by atoms with E-state index in [4.69, 9.17) is 11.6 Å². The van der Waals surface area contributed by atoms with Gasteiger partial charge in [-0.1, -0.05) is 31.4 Å². The van der Waals surface area contributed by atoms with Crippen LogP contribution in [0.5, 0.6) is 0 Å². The summed E-state index contributed by atoms with van der Waals surface area (Å²) in [6.07, 6.45) is 5.32. The maximum atomic E-state index is 13.5. The van der Waals surface area contributed by atoms with Crippen molar-refractivity contribution in [2.24, 2.45) is 5.41 Å². The van der Waals surface area contributed by atoms with Crippen molar-refractivity contribution in [1.29, 1.82) is 0 Å². The first-order valence-corrected chi connectivity index (χ1v) is 7.85. The number of carbonyl (C=O) groups excluding carboxylic acids is 1. The Morgan fingerprint density at radius 1 is 1.24 bits per heavy atom. The third kappa shape index (κ3) is 4.16. The summed E-state index contributed by atoms with van der Waals surface area (Å²) in [5.74, 6) is -1.65. The van der Waals surface area contributed by atoms with Gasteiger partial charge in [0.15, 0.2) is 11.6 Å². The van der Waals surface area contributed by atoms with Crippen molar-refractivity contribution in [1.82, 2.24) is 5.32 Å². The van der Waals surface area contributed by atoms with Gasteiger partial charge in [0.05, 0.1) is 6.42 Å². The Hall–Kier alpha value is -1.16. The van der Waals surface area contributed by atoms with Gasteiger partial charge in [-0.2, -0.15) is 0 Å². The van der Waals surface area contributed by atoms with Crippen molar-refractivity contribution in [2.75, 3.05) is 12.4 Å². The first kappa shape index (κ1) is 16.2. The van der Waals surface area contributed by atoms with Crippen LogP contribution in [-0.2, 0) is 11.2 Å². The second-order valence-electron chi connectivity index (χ2n) is 5.86. The number of amides is 1. The van der Waals surface area contributed by atoms with E-state index in [9.17, 15) is 13.6 Å². The molecule has 0 atom stereocenters. The van der Waals surface area contributed by atoms with Gasteiger partial charge in [0, 0.05) is 23.4 Å². The van der Waals surface area contributed by atoms with Crippen LogP contribution in [0.1, 0.15) is 37.7 Å². The van der Waals surface area contributed by atoms with E-state index in [0.717, 1.165) is 31.7 Å². The average Bonchev–Trinajstić information content (AvgIpc) is 2.51. The van der Waals surface area contributed by atoms with Crippen LogP contribution in [0.4, 0.5) is 8.78 Å². The second kappa shape index (κ2) is 7.21. The second-order valence-corrected chi connectivity index (χ2v) is 6.13. The third-order valence-electron chi connectivity index (χ3n) is 4.24. The highest BCUT2D eigenvalue weighted by molar-refractivity contribution is 6.18. The first-order valence-electron chi connectivity index (χ1n) is 7.32. The molecule has 0 radical (unpaired) electrons. The number of nitrogens with one attached hydrogen (secondary N) is 1. The quantitative estimate of drug-likeness (QED) is 0.822. The molecule has 0 heterocycles. The van der Waals surface area contributed by atoms with E-state index in [1.54, 1.807) is 0 Å². The van der Waals surface area contributed by atoms with Gasteiger partial charge in [-0.05, 0) is 18.9 Å². The van der Waals surface area contributed by atoms with Crippen molar-refractivity contribution in [2.45, 2.75) is 38.5 Å². The molecular formula is C16H20ClF2NO. The molecule has 1 aliphatic rings. The molecule has 1 saturated carbocycles. The highest BCUT2D eigenvalue weighted by Crippen LogP contribution is 2.36. The largest absolute Gasteiger partial charge is 0.355 e. The number of halogens is 3. The number of alkyl halides is 1. The fourth-order valence-electron chi connectivity index (χ4n) is 2.87. The highest BCUT2D eigenvalue weighted by atomic mass is 35.5. The minimum Gasteiger partial charge on any atom is -0.355 e. The van der Waals surface area contributed by atoms with Crippen molar-refractivity contribution in [3.8, 4) is 0 Å². The van der Waals surface area contributed by atoms with Gasteiger partial charge in [0.25, 0.3) is 0 Å². The van der Waals surface area contributed by atoms with Crippen molar-refractivity contribution in [3.05, 3.63) is 35.4 Å². The molecule has 1 aromatic rings. The molecular weight excluding hydrogens is 296 g/mol. The number of rotatable bonds is 5. The molecule has 1 aromatic carbocycles. The molecule has 0 spiro atoms. The summed E-state index contributed by atoms with van der Waals surface area (Å²) < 4.78 is 26.6. The lowest BCUT2D eigenvalue weighted by atomic mass is 9.75. The smallest absolute Gasteiger partial charge is 0.224 e. The molecule has 21 heavy (non-hydrogen) atoms. The Bertz CT molecular complexity index is 501. The Morgan fingerprint density at radius 2 is 1.95 bits per heavy atom. The fourth-order valence-corrected chi connectivity index (χ4v) is 3.23. The maximum absolute atomic E-state index is 13.5. The van der Waals surface area contributed by atoms with Crippen molar-refractivity contribution in [3.63, 3.8) is 0 Å². The molecule has 0 unspecified atom stereocenters. The van der Waals surface area contributed by atoms with Gasteiger partial charge in [-0.15, -0.1) is 11.6 Å². The van der Waals surface area contributed by atoms with E-state index < -0.39 is 11.6 Å². The van der Waals surface area contributed by atoms with E-state index >= 15 is 0 Å². The SMILES string of the molecule is O=C(Cc1cccc(F)c1F)NCC1(CCl)CCCCC1. The van der Waals surface area contributed by atoms with Crippen LogP contribution >= 0.6 is 11.6 Å². The normalized spacial score (nSPS) is 17.5. The maximum Gasteiger partial charge on any atom is 0.224 e.